The molecule has 0 aliphatic carbocycles. The Labute approximate surface area is 131 Å². The van der Waals surface area contributed by atoms with Gasteiger partial charge in [0.25, 0.3) is 5.91 Å². The number of H-pyrrole nitrogens is 1. The molecule has 2 N–H and O–H groups in total. The van der Waals surface area contributed by atoms with Gasteiger partial charge in [-0.3, -0.25) is 4.79 Å². The molecule has 2 aromatic carbocycles. The van der Waals surface area contributed by atoms with E-state index >= 15 is 0 Å². The summed E-state index contributed by atoms with van der Waals surface area (Å²) in [5.74, 6) is 0.1000. The molecule has 0 bridgehead atoms. The van der Waals surface area contributed by atoms with Gasteiger partial charge in [0.1, 0.15) is 5.82 Å². The van der Waals surface area contributed by atoms with Gasteiger partial charge in [0.05, 0.1) is 0 Å². The summed E-state index contributed by atoms with van der Waals surface area (Å²) in [6.45, 7) is 0.527. The van der Waals surface area contributed by atoms with Crippen LogP contribution in [0, 0.1) is 5.82 Å². The molecular formula is C17H15FN2OS. The number of benzene rings is 2. The van der Waals surface area contributed by atoms with Crippen LogP contribution in [0.3, 0.4) is 0 Å². The number of thioether (sulfide) groups is 1. The minimum atomic E-state index is -0.402. The van der Waals surface area contributed by atoms with Crippen molar-refractivity contribution in [2.24, 2.45) is 0 Å². The lowest BCUT2D eigenvalue weighted by Gasteiger charge is -2.05. The molecule has 1 heterocycles. The number of halogens is 1. The first-order chi connectivity index (χ1) is 10.7. The summed E-state index contributed by atoms with van der Waals surface area (Å²) in [4.78, 5) is 16.3. The number of aromatic amines is 1. The summed E-state index contributed by atoms with van der Waals surface area (Å²) in [5, 5.41) is 3.98. The third-order valence-electron chi connectivity index (χ3n) is 3.28. The number of fused-ring (bicyclic) bond motifs is 1. The molecule has 0 aliphatic heterocycles. The van der Waals surface area contributed by atoms with Crippen molar-refractivity contribution in [3.63, 3.8) is 0 Å². The number of rotatable bonds is 5. The molecule has 3 rings (SSSR count). The molecule has 0 atom stereocenters. The van der Waals surface area contributed by atoms with Crippen molar-refractivity contribution in [1.29, 1.82) is 0 Å². The molecule has 0 spiro atoms. The Morgan fingerprint density at radius 1 is 1.18 bits per heavy atom. The summed E-state index contributed by atoms with van der Waals surface area (Å²) < 4.78 is 13.1. The molecule has 5 heteroatoms. The van der Waals surface area contributed by atoms with Crippen LogP contribution in [0.4, 0.5) is 4.39 Å². The first-order valence-electron chi connectivity index (χ1n) is 6.97. The van der Waals surface area contributed by atoms with Crippen molar-refractivity contribution in [2.75, 3.05) is 12.3 Å². The van der Waals surface area contributed by atoms with E-state index in [9.17, 15) is 9.18 Å². The Bertz CT molecular complexity index is 800. The highest BCUT2D eigenvalue weighted by atomic mass is 32.2. The van der Waals surface area contributed by atoms with Crippen molar-refractivity contribution < 1.29 is 9.18 Å². The molecule has 3 nitrogen and oxygen atoms in total. The van der Waals surface area contributed by atoms with Crippen molar-refractivity contribution in [3.05, 3.63) is 66.1 Å². The van der Waals surface area contributed by atoms with Gasteiger partial charge in [0, 0.05) is 39.9 Å². The van der Waals surface area contributed by atoms with Gasteiger partial charge in [0.15, 0.2) is 0 Å². The van der Waals surface area contributed by atoms with E-state index in [-0.39, 0.29) is 5.91 Å². The largest absolute Gasteiger partial charge is 0.360 e. The van der Waals surface area contributed by atoms with Crippen molar-refractivity contribution in [2.45, 2.75) is 4.90 Å². The van der Waals surface area contributed by atoms with Crippen LogP contribution in [0.15, 0.2) is 59.6 Å². The quantitative estimate of drug-likeness (QED) is 0.555. The number of aromatic nitrogens is 1. The molecule has 0 unspecified atom stereocenters. The van der Waals surface area contributed by atoms with Gasteiger partial charge >= 0.3 is 0 Å². The topological polar surface area (TPSA) is 44.9 Å². The van der Waals surface area contributed by atoms with Crippen molar-refractivity contribution >= 4 is 28.6 Å². The minimum absolute atomic E-state index is 0.251. The van der Waals surface area contributed by atoms with Gasteiger partial charge in [-0.15, -0.1) is 11.8 Å². The normalized spacial score (nSPS) is 10.8. The third kappa shape index (κ3) is 3.31. The Morgan fingerprint density at radius 3 is 2.91 bits per heavy atom. The molecule has 0 saturated heterocycles. The first kappa shape index (κ1) is 14.7. The van der Waals surface area contributed by atoms with Crippen LogP contribution in [-0.4, -0.2) is 23.2 Å². The van der Waals surface area contributed by atoms with Crippen LogP contribution in [-0.2, 0) is 0 Å². The van der Waals surface area contributed by atoms with Crippen LogP contribution in [0.1, 0.15) is 10.4 Å². The molecule has 0 fully saturated rings. The second-order valence-corrected chi connectivity index (χ2v) is 5.95. The standard InChI is InChI=1S/C17H15FN2OS/c18-13-5-3-4-12(10-13)17(21)19-8-9-22-16-11-20-15-7-2-1-6-14(15)16/h1-7,10-11,20H,8-9H2,(H,19,21). The minimum Gasteiger partial charge on any atom is -0.360 e. The third-order valence-corrected chi connectivity index (χ3v) is 4.34. The van der Waals surface area contributed by atoms with E-state index < -0.39 is 5.82 Å². The zero-order chi connectivity index (χ0) is 15.4. The van der Waals surface area contributed by atoms with Gasteiger partial charge in [-0.1, -0.05) is 24.3 Å². The fraction of sp³-hybridized carbons (Fsp3) is 0.118. The summed E-state index contributed by atoms with van der Waals surface area (Å²) in [6.07, 6.45) is 1.98. The van der Waals surface area contributed by atoms with E-state index in [4.69, 9.17) is 0 Å². The molecule has 0 radical (unpaired) electrons. The number of nitrogens with one attached hydrogen (secondary N) is 2. The van der Waals surface area contributed by atoms with Crippen molar-refractivity contribution in [3.8, 4) is 0 Å². The molecule has 0 aliphatic rings. The molecule has 3 aromatic rings. The van der Waals surface area contributed by atoms with Crippen LogP contribution < -0.4 is 5.32 Å². The van der Waals surface area contributed by atoms with E-state index in [2.05, 4.69) is 16.4 Å². The van der Waals surface area contributed by atoms with Crippen LogP contribution in [0.25, 0.3) is 10.9 Å². The Hall–Kier alpha value is -2.27. The lowest BCUT2D eigenvalue weighted by Crippen LogP contribution is -2.25. The fourth-order valence-corrected chi connectivity index (χ4v) is 3.12. The molecule has 1 aromatic heterocycles. The summed E-state index contributed by atoms with van der Waals surface area (Å²) >= 11 is 1.68. The number of para-hydroxylation sites is 1. The Balaban J connectivity index is 1.52. The molecular weight excluding hydrogens is 299 g/mol. The van der Waals surface area contributed by atoms with Gasteiger partial charge in [0.2, 0.25) is 0 Å². The molecule has 0 saturated carbocycles. The lowest BCUT2D eigenvalue weighted by molar-refractivity contribution is 0.0955. The van der Waals surface area contributed by atoms with E-state index in [1.807, 2.05) is 24.4 Å². The number of carbonyl (C=O) groups excluding carboxylic acids is 1. The van der Waals surface area contributed by atoms with Crippen LogP contribution in [0.2, 0.25) is 0 Å². The van der Waals surface area contributed by atoms with Gasteiger partial charge < -0.3 is 10.3 Å². The maximum absolute atomic E-state index is 13.1. The predicted molar refractivity (Wildman–Crippen MR) is 87.8 cm³/mol. The second kappa shape index (κ2) is 6.66. The lowest BCUT2D eigenvalue weighted by atomic mass is 10.2. The second-order valence-electron chi connectivity index (χ2n) is 4.81. The maximum Gasteiger partial charge on any atom is 0.251 e. The van der Waals surface area contributed by atoms with Gasteiger partial charge in [-0.2, -0.15) is 0 Å². The number of amides is 1. The zero-order valence-electron chi connectivity index (χ0n) is 11.8. The smallest absolute Gasteiger partial charge is 0.251 e. The van der Waals surface area contributed by atoms with E-state index in [0.29, 0.717) is 12.1 Å². The van der Waals surface area contributed by atoms with Crippen LogP contribution in [0.5, 0.6) is 0 Å². The summed E-state index contributed by atoms with van der Waals surface area (Å²) in [6, 6.07) is 13.8. The van der Waals surface area contributed by atoms with Crippen LogP contribution >= 0.6 is 11.8 Å². The average Bonchev–Trinajstić information content (AvgIpc) is 2.95. The highest BCUT2D eigenvalue weighted by Crippen LogP contribution is 2.27. The highest BCUT2D eigenvalue weighted by Gasteiger charge is 2.06. The maximum atomic E-state index is 13.1. The van der Waals surface area contributed by atoms with E-state index in [1.165, 1.54) is 23.6 Å². The number of hydrogen-bond acceptors (Lipinski definition) is 2. The van der Waals surface area contributed by atoms with Crippen molar-refractivity contribution in [1.82, 2.24) is 10.3 Å². The highest BCUT2D eigenvalue weighted by molar-refractivity contribution is 7.99. The summed E-state index contributed by atoms with van der Waals surface area (Å²) in [5.41, 5.74) is 1.45. The van der Waals surface area contributed by atoms with Gasteiger partial charge in [-0.25, -0.2) is 4.39 Å². The Kier molecular flexibility index (Phi) is 4.44. The van der Waals surface area contributed by atoms with Gasteiger partial charge in [-0.05, 0) is 24.3 Å². The predicted octanol–water partition coefficient (Wildman–Crippen LogP) is 3.83. The van der Waals surface area contributed by atoms with E-state index in [0.717, 1.165) is 16.2 Å². The fourth-order valence-electron chi connectivity index (χ4n) is 2.22. The molecule has 1 amide bonds. The molecule has 112 valence electrons. The SMILES string of the molecule is O=C(NCCSc1c[nH]c2ccccc12)c1cccc(F)c1. The number of carbonyl (C=O) groups is 1. The molecule has 22 heavy (non-hydrogen) atoms. The first-order valence-corrected chi connectivity index (χ1v) is 7.95. The average molecular weight is 314 g/mol. The Morgan fingerprint density at radius 2 is 2.05 bits per heavy atom. The number of hydrogen-bond donors (Lipinski definition) is 2. The zero-order valence-corrected chi connectivity index (χ0v) is 12.6. The van der Waals surface area contributed by atoms with E-state index in [1.54, 1.807) is 17.8 Å². The monoisotopic (exact) mass is 314 g/mol. The summed E-state index contributed by atoms with van der Waals surface area (Å²) in [7, 11) is 0.